The normalized spacial score (nSPS) is 27.4. The van der Waals surface area contributed by atoms with Crippen molar-refractivity contribution >= 4 is 11.8 Å². The van der Waals surface area contributed by atoms with Gasteiger partial charge in [-0.3, -0.25) is 4.79 Å². The Morgan fingerprint density at radius 2 is 2.21 bits per heavy atom. The number of hydrogen-bond donors (Lipinski definition) is 2. The molecule has 0 aromatic carbocycles. The number of nitrogen functional groups attached to an aromatic ring is 1. The molecule has 2 rings (SSSR count). The molecule has 0 spiro atoms. The quantitative estimate of drug-likeness (QED) is 0.878. The van der Waals surface area contributed by atoms with Crippen LogP contribution in [0.5, 0.6) is 0 Å². The van der Waals surface area contributed by atoms with E-state index in [0.717, 1.165) is 24.8 Å². The Bertz CT molecular complexity index is 459. The van der Waals surface area contributed by atoms with Gasteiger partial charge in [-0.2, -0.15) is 0 Å². The Hall–Kier alpha value is -1.58. The van der Waals surface area contributed by atoms with Crippen molar-refractivity contribution < 1.29 is 9.90 Å². The van der Waals surface area contributed by atoms with Crippen molar-refractivity contribution in [2.24, 2.45) is 17.8 Å². The van der Waals surface area contributed by atoms with E-state index < -0.39 is 5.97 Å². The highest BCUT2D eigenvalue weighted by atomic mass is 16.4. The van der Waals surface area contributed by atoms with Gasteiger partial charge in [0.05, 0.1) is 5.92 Å². The van der Waals surface area contributed by atoms with Gasteiger partial charge in [0.1, 0.15) is 5.82 Å². The molecule has 0 saturated heterocycles. The van der Waals surface area contributed by atoms with Crippen LogP contribution in [-0.4, -0.2) is 16.1 Å². The Labute approximate surface area is 114 Å². The van der Waals surface area contributed by atoms with E-state index in [1.165, 1.54) is 0 Å². The van der Waals surface area contributed by atoms with Gasteiger partial charge in [-0.05, 0) is 42.7 Å². The number of pyridine rings is 1. The van der Waals surface area contributed by atoms with E-state index in [0.29, 0.717) is 17.7 Å². The minimum absolute atomic E-state index is 0.00708. The lowest BCUT2D eigenvalue weighted by molar-refractivity contribution is -0.144. The number of aromatic nitrogens is 1. The highest BCUT2D eigenvalue weighted by Gasteiger charge is 2.37. The second-order valence-electron chi connectivity index (χ2n) is 5.85. The summed E-state index contributed by atoms with van der Waals surface area (Å²) in [6, 6.07) is 3.76. The molecule has 104 valence electrons. The molecule has 1 aromatic heterocycles. The zero-order valence-electron chi connectivity index (χ0n) is 11.5. The van der Waals surface area contributed by atoms with E-state index >= 15 is 0 Å². The Balaban J connectivity index is 2.31. The van der Waals surface area contributed by atoms with Crippen molar-refractivity contribution in [2.45, 2.75) is 39.0 Å². The minimum Gasteiger partial charge on any atom is -0.481 e. The largest absolute Gasteiger partial charge is 0.481 e. The molecular formula is C15H22N2O2. The molecule has 1 aliphatic carbocycles. The van der Waals surface area contributed by atoms with E-state index in [4.69, 9.17) is 5.73 Å². The summed E-state index contributed by atoms with van der Waals surface area (Å²) in [5.74, 6) is 0.572. The molecule has 0 radical (unpaired) electrons. The average molecular weight is 262 g/mol. The summed E-state index contributed by atoms with van der Waals surface area (Å²) >= 11 is 0. The number of nitrogens with two attached hydrogens (primary N) is 1. The zero-order chi connectivity index (χ0) is 14.0. The third-order valence-corrected chi connectivity index (χ3v) is 4.42. The van der Waals surface area contributed by atoms with Crippen LogP contribution in [0, 0.1) is 17.8 Å². The first-order valence-electron chi connectivity index (χ1n) is 6.94. The molecule has 4 heteroatoms. The van der Waals surface area contributed by atoms with Crippen LogP contribution >= 0.6 is 0 Å². The molecule has 1 saturated carbocycles. The summed E-state index contributed by atoms with van der Waals surface area (Å²) in [5, 5.41) is 9.42. The van der Waals surface area contributed by atoms with Crippen LogP contribution in [0.15, 0.2) is 18.3 Å². The van der Waals surface area contributed by atoms with Gasteiger partial charge in [-0.25, -0.2) is 4.98 Å². The fourth-order valence-electron chi connectivity index (χ4n) is 3.19. The molecule has 4 nitrogen and oxygen atoms in total. The molecule has 0 aliphatic heterocycles. The van der Waals surface area contributed by atoms with Crippen molar-refractivity contribution in [3.63, 3.8) is 0 Å². The summed E-state index contributed by atoms with van der Waals surface area (Å²) in [6.45, 7) is 4.41. The second-order valence-corrected chi connectivity index (χ2v) is 5.85. The van der Waals surface area contributed by atoms with E-state index in [2.05, 4.69) is 18.8 Å². The molecule has 1 heterocycles. The van der Waals surface area contributed by atoms with E-state index in [-0.39, 0.29) is 11.8 Å². The number of nitrogens with zero attached hydrogens (tertiary/aromatic N) is 1. The van der Waals surface area contributed by atoms with Crippen molar-refractivity contribution in [1.82, 2.24) is 4.98 Å². The summed E-state index contributed by atoms with van der Waals surface area (Å²) < 4.78 is 0. The van der Waals surface area contributed by atoms with Gasteiger partial charge >= 0.3 is 5.97 Å². The number of aliphatic carboxylic acids is 1. The molecule has 1 fully saturated rings. The van der Waals surface area contributed by atoms with Gasteiger partial charge in [-0.15, -0.1) is 0 Å². The molecule has 3 atom stereocenters. The number of carboxylic acids is 1. The predicted molar refractivity (Wildman–Crippen MR) is 74.7 cm³/mol. The lowest BCUT2D eigenvalue weighted by Crippen LogP contribution is -2.31. The first-order valence-corrected chi connectivity index (χ1v) is 6.94. The molecule has 3 N–H and O–H groups in total. The fraction of sp³-hybridized carbons (Fsp3) is 0.600. The third-order valence-electron chi connectivity index (χ3n) is 4.42. The first-order chi connectivity index (χ1) is 9.00. The average Bonchev–Trinajstić information content (AvgIpc) is 2.38. The predicted octanol–water partition coefficient (Wildman–Crippen LogP) is 2.90. The monoisotopic (exact) mass is 262 g/mol. The smallest absolute Gasteiger partial charge is 0.307 e. The van der Waals surface area contributed by atoms with Crippen LogP contribution in [0.25, 0.3) is 0 Å². The lowest BCUT2D eigenvalue weighted by Gasteiger charge is -2.36. The maximum Gasteiger partial charge on any atom is 0.307 e. The van der Waals surface area contributed by atoms with Crippen molar-refractivity contribution in [1.29, 1.82) is 0 Å². The van der Waals surface area contributed by atoms with Crippen molar-refractivity contribution in [3.05, 3.63) is 23.9 Å². The van der Waals surface area contributed by atoms with Crippen LogP contribution < -0.4 is 5.73 Å². The van der Waals surface area contributed by atoms with Gasteiger partial charge in [0.2, 0.25) is 0 Å². The van der Waals surface area contributed by atoms with Crippen molar-refractivity contribution in [2.75, 3.05) is 5.73 Å². The first kappa shape index (κ1) is 13.8. The van der Waals surface area contributed by atoms with E-state index in [1.54, 1.807) is 6.20 Å². The molecule has 0 bridgehead atoms. The highest BCUT2D eigenvalue weighted by molar-refractivity contribution is 5.72. The number of carbonyl (C=O) groups is 1. The molecule has 1 aliphatic rings. The number of carboxylic acid groups (broad SMARTS) is 1. The van der Waals surface area contributed by atoms with Crippen LogP contribution in [-0.2, 0) is 4.79 Å². The Kier molecular flexibility index (Phi) is 4.08. The summed E-state index contributed by atoms with van der Waals surface area (Å²) in [5.41, 5.74) is 6.83. The van der Waals surface area contributed by atoms with Crippen LogP contribution in [0.4, 0.5) is 5.82 Å². The highest BCUT2D eigenvalue weighted by Crippen LogP contribution is 2.44. The number of anilines is 1. The standard InChI is InChI=1S/C15H22N2O2/c1-9(2)10-5-6-12(15(18)19)13(8-10)11-4-3-7-17-14(11)16/h3-4,7,9-10,12-13H,5-6,8H2,1-2H3,(H2,16,17)(H,18,19). The third kappa shape index (κ3) is 2.88. The topological polar surface area (TPSA) is 76.2 Å². The van der Waals surface area contributed by atoms with E-state index in [1.807, 2.05) is 12.1 Å². The molecule has 1 aromatic rings. The molecule has 3 unspecified atom stereocenters. The lowest BCUT2D eigenvalue weighted by atomic mass is 9.68. The van der Waals surface area contributed by atoms with Crippen LogP contribution in [0.1, 0.15) is 44.6 Å². The van der Waals surface area contributed by atoms with Gasteiger partial charge < -0.3 is 10.8 Å². The minimum atomic E-state index is -0.713. The van der Waals surface area contributed by atoms with Gasteiger partial charge in [0.25, 0.3) is 0 Å². The number of rotatable bonds is 3. The van der Waals surface area contributed by atoms with Crippen LogP contribution in [0.3, 0.4) is 0 Å². The molecular weight excluding hydrogens is 240 g/mol. The zero-order valence-corrected chi connectivity index (χ0v) is 11.5. The maximum atomic E-state index is 11.5. The van der Waals surface area contributed by atoms with Crippen molar-refractivity contribution in [3.8, 4) is 0 Å². The Morgan fingerprint density at radius 1 is 1.47 bits per heavy atom. The maximum absolute atomic E-state index is 11.5. The van der Waals surface area contributed by atoms with Crippen LogP contribution in [0.2, 0.25) is 0 Å². The Morgan fingerprint density at radius 3 is 2.79 bits per heavy atom. The molecule has 19 heavy (non-hydrogen) atoms. The van der Waals surface area contributed by atoms with Gasteiger partial charge in [0, 0.05) is 12.1 Å². The fourth-order valence-corrected chi connectivity index (χ4v) is 3.19. The summed E-state index contributed by atoms with van der Waals surface area (Å²) in [4.78, 5) is 15.6. The van der Waals surface area contributed by atoms with E-state index in [9.17, 15) is 9.90 Å². The summed E-state index contributed by atoms with van der Waals surface area (Å²) in [6.07, 6.45) is 4.27. The van der Waals surface area contributed by atoms with Gasteiger partial charge in [-0.1, -0.05) is 19.9 Å². The SMILES string of the molecule is CC(C)C1CCC(C(=O)O)C(c2cccnc2N)C1. The molecule has 0 amide bonds. The number of hydrogen-bond acceptors (Lipinski definition) is 3. The second kappa shape index (κ2) is 5.59. The van der Waals surface area contributed by atoms with Gasteiger partial charge in [0.15, 0.2) is 0 Å². The summed E-state index contributed by atoms with van der Waals surface area (Å²) in [7, 11) is 0.